The minimum absolute atomic E-state index is 0. The number of nitrogens with zero attached hydrogens (tertiary/aromatic N) is 1. The maximum absolute atomic E-state index is 10.3. The molecule has 0 spiro atoms. The van der Waals surface area contributed by atoms with Crippen molar-refractivity contribution in [1.82, 2.24) is 10.4 Å². The lowest BCUT2D eigenvalue weighted by molar-refractivity contribution is -0.182. The number of hydrogen-bond donors (Lipinski definition) is 1. The highest BCUT2D eigenvalue weighted by molar-refractivity contribution is 5.85. The summed E-state index contributed by atoms with van der Waals surface area (Å²) in [5.41, 5.74) is 0. The lowest BCUT2D eigenvalue weighted by Gasteiger charge is -2.11. The fourth-order valence-corrected chi connectivity index (χ4v) is 1.59. The zero-order chi connectivity index (χ0) is 10.2. The fraction of sp³-hybridized carbons (Fsp3) is 0.900. The smallest absolute Gasteiger partial charge is 0.322 e. The first-order valence-corrected chi connectivity index (χ1v) is 5.43. The normalized spacial score (nSPS) is 20.1. The second-order valence-electron chi connectivity index (χ2n) is 3.68. The zero-order valence-corrected chi connectivity index (χ0v) is 10.1. The topological polar surface area (TPSA) is 41.6 Å². The molecule has 2 aliphatic heterocycles. The van der Waals surface area contributed by atoms with Gasteiger partial charge >= 0.3 is 5.97 Å². The molecule has 4 nitrogen and oxygen atoms in total. The molecule has 2 rings (SSSR count). The van der Waals surface area contributed by atoms with Crippen LogP contribution in [0.15, 0.2) is 0 Å². The van der Waals surface area contributed by atoms with Crippen LogP contribution in [0.5, 0.6) is 0 Å². The number of hydrogen-bond acceptors (Lipinski definition) is 4. The third kappa shape index (κ3) is 7.59. The highest BCUT2D eigenvalue weighted by atomic mass is 35.5. The molecule has 90 valence electrons. The van der Waals surface area contributed by atoms with Crippen LogP contribution in [0.4, 0.5) is 0 Å². The second kappa shape index (κ2) is 8.95. The van der Waals surface area contributed by atoms with E-state index in [0.29, 0.717) is 0 Å². The third-order valence-corrected chi connectivity index (χ3v) is 2.28. The highest BCUT2D eigenvalue weighted by Gasteiger charge is 2.13. The molecule has 2 aliphatic rings. The van der Waals surface area contributed by atoms with Crippen molar-refractivity contribution in [3.05, 3.63) is 0 Å². The molecule has 0 atom stereocenters. The molecule has 0 aromatic heterocycles. The first-order valence-electron chi connectivity index (χ1n) is 5.43. The predicted octanol–water partition coefficient (Wildman–Crippen LogP) is 1.35. The Morgan fingerprint density at radius 3 is 2.00 bits per heavy atom. The Kier molecular flexibility index (Phi) is 8.76. The quantitative estimate of drug-likeness (QED) is 0.747. The van der Waals surface area contributed by atoms with Crippen LogP contribution in [-0.4, -0.2) is 37.2 Å². The van der Waals surface area contributed by atoms with E-state index in [0.717, 1.165) is 25.9 Å². The van der Waals surface area contributed by atoms with Crippen LogP contribution in [0.2, 0.25) is 0 Å². The number of halogens is 1. The summed E-state index contributed by atoms with van der Waals surface area (Å²) in [6.45, 7) is 5.73. The van der Waals surface area contributed by atoms with E-state index in [9.17, 15) is 4.79 Å². The summed E-state index contributed by atoms with van der Waals surface area (Å²) < 4.78 is 0. The lowest BCUT2D eigenvalue weighted by Crippen LogP contribution is -2.22. The molecule has 0 unspecified atom stereocenters. The van der Waals surface area contributed by atoms with E-state index in [2.05, 4.69) is 5.32 Å². The van der Waals surface area contributed by atoms with Crippen LogP contribution < -0.4 is 5.32 Å². The summed E-state index contributed by atoms with van der Waals surface area (Å²) in [6, 6.07) is 0. The molecule has 0 aromatic rings. The molecule has 5 heteroatoms. The van der Waals surface area contributed by atoms with Crippen molar-refractivity contribution in [2.45, 2.75) is 32.6 Å². The van der Waals surface area contributed by atoms with Gasteiger partial charge in [-0.2, -0.15) is 0 Å². The molecule has 0 amide bonds. The standard InChI is InChI=1S/C6H11NO2.C4H9N.ClH/c1-6(8)9-7-4-2-3-5-7;1-2-4-5-3-1;/h2-5H2,1H3;5H,1-4H2;1H. The van der Waals surface area contributed by atoms with Crippen molar-refractivity contribution in [1.29, 1.82) is 0 Å². The van der Waals surface area contributed by atoms with Crippen LogP contribution in [-0.2, 0) is 9.63 Å². The van der Waals surface area contributed by atoms with Gasteiger partial charge in [-0.3, -0.25) is 4.79 Å². The van der Waals surface area contributed by atoms with Crippen LogP contribution in [0.25, 0.3) is 0 Å². The van der Waals surface area contributed by atoms with Gasteiger partial charge in [0.1, 0.15) is 0 Å². The average Bonchev–Trinajstić information content (AvgIpc) is 2.75. The Bertz CT molecular complexity index is 161. The SMILES string of the molecule is C1CCNC1.CC(=O)ON1CCCC1.Cl. The molecule has 1 N–H and O–H groups in total. The molecule has 2 heterocycles. The number of nitrogens with one attached hydrogen (secondary N) is 1. The predicted molar refractivity (Wildman–Crippen MR) is 61.9 cm³/mol. The van der Waals surface area contributed by atoms with Gasteiger partial charge in [0.2, 0.25) is 0 Å². The highest BCUT2D eigenvalue weighted by Crippen LogP contribution is 2.06. The summed E-state index contributed by atoms with van der Waals surface area (Å²) in [5, 5.41) is 4.93. The Morgan fingerprint density at radius 2 is 1.67 bits per heavy atom. The van der Waals surface area contributed by atoms with E-state index in [4.69, 9.17) is 4.84 Å². The van der Waals surface area contributed by atoms with Crippen molar-refractivity contribution >= 4 is 18.4 Å². The van der Waals surface area contributed by atoms with Crippen molar-refractivity contribution in [2.75, 3.05) is 26.2 Å². The number of hydroxylamine groups is 2. The first-order chi connectivity index (χ1) is 6.79. The van der Waals surface area contributed by atoms with Crippen LogP contribution in [0.3, 0.4) is 0 Å². The Hall–Kier alpha value is -0.320. The maximum atomic E-state index is 10.3. The summed E-state index contributed by atoms with van der Waals surface area (Å²) in [7, 11) is 0. The second-order valence-corrected chi connectivity index (χ2v) is 3.68. The number of carbonyl (C=O) groups is 1. The molecule has 0 radical (unpaired) electrons. The Labute approximate surface area is 97.7 Å². The molecule has 0 saturated carbocycles. The molecule has 15 heavy (non-hydrogen) atoms. The van der Waals surface area contributed by atoms with E-state index in [1.807, 2.05) is 0 Å². The summed E-state index contributed by atoms with van der Waals surface area (Å²) in [4.78, 5) is 15.1. The molecular weight excluding hydrogens is 216 g/mol. The molecule has 0 aromatic carbocycles. The van der Waals surface area contributed by atoms with Gasteiger partial charge in [0.25, 0.3) is 0 Å². The monoisotopic (exact) mass is 236 g/mol. The van der Waals surface area contributed by atoms with Gasteiger partial charge in [0, 0.05) is 20.0 Å². The minimum Gasteiger partial charge on any atom is -0.368 e. The van der Waals surface area contributed by atoms with Crippen molar-refractivity contribution in [3.8, 4) is 0 Å². The largest absolute Gasteiger partial charge is 0.368 e. The van der Waals surface area contributed by atoms with Crippen LogP contribution in [0.1, 0.15) is 32.6 Å². The van der Waals surface area contributed by atoms with E-state index in [1.165, 1.54) is 32.9 Å². The van der Waals surface area contributed by atoms with Crippen LogP contribution in [0, 0.1) is 0 Å². The van der Waals surface area contributed by atoms with Gasteiger partial charge in [-0.05, 0) is 38.8 Å². The van der Waals surface area contributed by atoms with Crippen molar-refractivity contribution in [2.24, 2.45) is 0 Å². The lowest BCUT2D eigenvalue weighted by atomic mass is 10.4. The summed E-state index contributed by atoms with van der Waals surface area (Å²) in [6.07, 6.45) is 5.07. The van der Waals surface area contributed by atoms with Gasteiger partial charge in [0.15, 0.2) is 0 Å². The first kappa shape index (κ1) is 14.7. The molecule has 2 saturated heterocycles. The van der Waals surface area contributed by atoms with Crippen molar-refractivity contribution < 1.29 is 9.63 Å². The van der Waals surface area contributed by atoms with Gasteiger partial charge in [-0.15, -0.1) is 17.5 Å². The zero-order valence-electron chi connectivity index (χ0n) is 9.33. The summed E-state index contributed by atoms with van der Waals surface area (Å²) in [5.74, 6) is -0.211. The van der Waals surface area contributed by atoms with Gasteiger partial charge in [-0.1, -0.05) is 0 Å². The van der Waals surface area contributed by atoms with Gasteiger partial charge in [-0.25, -0.2) is 0 Å². The van der Waals surface area contributed by atoms with E-state index >= 15 is 0 Å². The Morgan fingerprint density at radius 1 is 1.13 bits per heavy atom. The van der Waals surface area contributed by atoms with E-state index in [1.54, 1.807) is 5.06 Å². The molecule has 0 bridgehead atoms. The number of carbonyl (C=O) groups excluding carboxylic acids is 1. The molecule has 0 aliphatic carbocycles. The van der Waals surface area contributed by atoms with Crippen molar-refractivity contribution in [3.63, 3.8) is 0 Å². The molecular formula is C10H21ClN2O2. The maximum Gasteiger partial charge on any atom is 0.322 e. The summed E-state index contributed by atoms with van der Waals surface area (Å²) >= 11 is 0. The van der Waals surface area contributed by atoms with E-state index < -0.39 is 0 Å². The average molecular weight is 237 g/mol. The Balaban J connectivity index is 0.000000280. The molecule has 2 fully saturated rings. The van der Waals surface area contributed by atoms with E-state index in [-0.39, 0.29) is 18.4 Å². The fourth-order valence-electron chi connectivity index (χ4n) is 1.59. The van der Waals surface area contributed by atoms with Gasteiger partial charge < -0.3 is 10.2 Å². The van der Waals surface area contributed by atoms with Gasteiger partial charge in [0.05, 0.1) is 0 Å². The number of rotatable bonds is 1. The third-order valence-electron chi connectivity index (χ3n) is 2.28. The minimum atomic E-state index is -0.211. The van der Waals surface area contributed by atoms with Crippen LogP contribution >= 0.6 is 12.4 Å².